The van der Waals surface area contributed by atoms with Crippen LogP contribution in [-0.4, -0.2) is 49.2 Å². The highest BCUT2D eigenvalue weighted by molar-refractivity contribution is 5.90. The highest BCUT2D eigenvalue weighted by atomic mass is 19.1. The second kappa shape index (κ2) is 9.47. The van der Waals surface area contributed by atoms with E-state index >= 15 is 0 Å². The molecule has 2 saturated heterocycles. The van der Waals surface area contributed by atoms with Crippen molar-refractivity contribution in [3.8, 4) is 11.1 Å². The van der Waals surface area contributed by atoms with Crippen LogP contribution in [0.5, 0.6) is 0 Å². The lowest BCUT2D eigenvalue weighted by atomic mass is 10.0. The number of likely N-dealkylation sites (tertiary alicyclic amines) is 1. The van der Waals surface area contributed by atoms with Crippen LogP contribution in [0.15, 0.2) is 42.5 Å². The Bertz CT molecular complexity index is 942. The minimum absolute atomic E-state index is 0.188. The maximum Gasteiger partial charge on any atom is 0.414 e. The minimum Gasteiger partial charge on any atom is -0.442 e. The molecule has 2 amide bonds. The molecule has 0 aromatic heterocycles. The van der Waals surface area contributed by atoms with Crippen LogP contribution in [0.2, 0.25) is 0 Å². The molecule has 0 radical (unpaired) electrons. The fourth-order valence-corrected chi connectivity index (χ4v) is 4.17. The highest BCUT2D eigenvalue weighted by Crippen LogP contribution is 2.29. The predicted molar refractivity (Wildman–Crippen MR) is 117 cm³/mol. The fraction of sp³-hybridized carbons (Fsp3) is 0.417. The van der Waals surface area contributed by atoms with E-state index < -0.39 is 12.2 Å². The van der Waals surface area contributed by atoms with Gasteiger partial charge in [-0.05, 0) is 55.3 Å². The average Bonchev–Trinajstić information content (AvgIpc) is 3.14. The van der Waals surface area contributed by atoms with Crippen LogP contribution in [-0.2, 0) is 16.1 Å². The molecule has 2 aliphatic heterocycles. The summed E-state index contributed by atoms with van der Waals surface area (Å²) in [6, 6.07) is 12.8. The second-order valence-corrected chi connectivity index (χ2v) is 8.25. The van der Waals surface area contributed by atoms with E-state index in [2.05, 4.69) is 22.3 Å². The number of benzene rings is 2. The lowest BCUT2D eigenvalue weighted by Gasteiger charge is -2.26. The first-order valence-electron chi connectivity index (χ1n) is 10.8. The predicted octanol–water partition coefficient (Wildman–Crippen LogP) is 3.94. The molecule has 2 aromatic rings. The quantitative estimate of drug-likeness (QED) is 0.762. The van der Waals surface area contributed by atoms with E-state index in [1.54, 1.807) is 12.1 Å². The monoisotopic (exact) mass is 425 g/mol. The van der Waals surface area contributed by atoms with E-state index in [1.165, 1.54) is 42.7 Å². The standard InChI is InChI=1S/C24H28FN3O3/c1-17(29)26-14-21-16-28(24(30)31-21)20-9-10-22(23(25)13-20)19-7-5-18(6-8-19)15-27-11-3-2-4-12-27/h5-10,13,21H,2-4,11-12,14-16H2,1H3,(H,26,29). The van der Waals surface area contributed by atoms with Gasteiger partial charge in [0.05, 0.1) is 18.8 Å². The van der Waals surface area contributed by atoms with Gasteiger partial charge in [-0.15, -0.1) is 0 Å². The van der Waals surface area contributed by atoms with Crippen molar-refractivity contribution in [1.82, 2.24) is 10.2 Å². The molecule has 2 aromatic carbocycles. The molecule has 0 aliphatic carbocycles. The number of amides is 2. The molecule has 31 heavy (non-hydrogen) atoms. The maximum atomic E-state index is 14.9. The van der Waals surface area contributed by atoms with Crippen LogP contribution < -0.4 is 10.2 Å². The second-order valence-electron chi connectivity index (χ2n) is 8.25. The Morgan fingerprint density at radius 2 is 1.87 bits per heavy atom. The Balaban J connectivity index is 1.42. The number of hydrogen-bond donors (Lipinski definition) is 1. The normalized spacial score (nSPS) is 19.4. The minimum atomic E-state index is -0.537. The molecular weight excluding hydrogens is 397 g/mol. The zero-order valence-electron chi connectivity index (χ0n) is 17.8. The largest absolute Gasteiger partial charge is 0.442 e. The first-order valence-corrected chi connectivity index (χ1v) is 10.8. The number of ether oxygens (including phenoxy) is 1. The van der Waals surface area contributed by atoms with Crippen molar-refractivity contribution in [2.45, 2.75) is 38.8 Å². The van der Waals surface area contributed by atoms with Gasteiger partial charge in [-0.1, -0.05) is 30.7 Å². The molecule has 2 aliphatic rings. The number of carbonyl (C=O) groups excluding carboxylic acids is 2. The van der Waals surface area contributed by atoms with Crippen molar-refractivity contribution >= 4 is 17.7 Å². The molecule has 0 spiro atoms. The molecule has 7 heteroatoms. The third-order valence-corrected chi connectivity index (χ3v) is 5.84. The van der Waals surface area contributed by atoms with Gasteiger partial charge in [0.25, 0.3) is 0 Å². The molecule has 4 rings (SSSR count). The molecular formula is C24H28FN3O3. The fourth-order valence-electron chi connectivity index (χ4n) is 4.17. The molecule has 164 valence electrons. The van der Waals surface area contributed by atoms with Crippen molar-refractivity contribution in [3.05, 3.63) is 53.8 Å². The molecule has 1 unspecified atom stereocenters. The zero-order chi connectivity index (χ0) is 21.8. The van der Waals surface area contributed by atoms with Crippen LogP contribution in [0.3, 0.4) is 0 Å². The number of anilines is 1. The third kappa shape index (κ3) is 5.22. The van der Waals surface area contributed by atoms with Crippen LogP contribution in [0, 0.1) is 5.82 Å². The van der Waals surface area contributed by atoms with Gasteiger partial charge in [0.2, 0.25) is 5.91 Å². The van der Waals surface area contributed by atoms with Crippen molar-refractivity contribution in [1.29, 1.82) is 0 Å². The lowest BCUT2D eigenvalue weighted by molar-refractivity contribution is -0.119. The number of cyclic esters (lactones) is 1. The smallest absolute Gasteiger partial charge is 0.414 e. The summed E-state index contributed by atoms with van der Waals surface area (Å²) in [6.07, 6.45) is 2.84. The van der Waals surface area contributed by atoms with Crippen molar-refractivity contribution in [2.75, 3.05) is 31.1 Å². The Morgan fingerprint density at radius 1 is 1.13 bits per heavy atom. The van der Waals surface area contributed by atoms with E-state index in [0.717, 1.165) is 25.2 Å². The molecule has 0 saturated carbocycles. The van der Waals surface area contributed by atoms with Gasteiger partial charge in [-0.3, -0.25) is 14.6 Å². The Morgan fingerprint density at radius 3 is 2.55 bits per heavy atom. The summed E-state index contributed by atoms with van der Waals surface area (Å²) in [7, 11) is 0. The van der Waals surface area contributed by atoms with Crippen LogP contribution in [0.25, 0.3) is 11.1 Å². The lowest BCUT2D eigenvalue weighted by Crippen LogP contribution is -2.33. The number of halogens is 1. The van der Waals surface area contributed by atoms with Crippen molar-refractivity contribution < 1.29 is 18.7 Å². The van der Waals surface area contributed by atoms with E-state index in [0.29, 0.717) is 11.3 Å². The SMILES string of the molecule is CC(=O)NCC1CN(c2ccc(-c3ccc(CN4CCCCC4)cc3)c(F)c2)C(=O)O1. The van der Waals surface area contributed by atoms with Gasteiger partial charge in [0.15, 0.2) is 0 Å². The summed E-state index contributed by atoms with van der Waals surface area (Å²) < 4.78 is 20.2. The number of rotatable bonds is 6. The first kappa shape index (κ1) is 21.3. The van der Waals surface area contributed by atoms with E-state index in [4.69, 9.17) is 4.74 Å². The highest BCUT2D eigenvalue weighted by Gasteiger charge is 2.32. The number of carbonyl (C=O) groups is 2. The van der Waals surface area contributed by atoms with Gasteiger partial charge in [0.1, 0.15) is 11.9 Å². The molecule has 1 N–H and O–H groups in total. The Hall–Kier alpha value is -2.93. The van der Waals surface area contributed by atoms with E-state index in [-0.39, 0.29) is 24.8 Å². The van der Waals surface area contributed by atoms with Gasteiger partial charge in [0, 0.05) is 19.0 Å². The van der Waals surface area contributed by atoms with Crippen LogP contribution in [0.1, 0.15) is 31.7 Å². The molecule has 0 bridgehead atoms. The van der Waals surface area contributed by atoms with Gasteiger partial charge < -0.3 is 10.1 Å². The topological polar surface area (TPSA) is 61.9 Å². The number of hydrogen-bond acceptors (Lipinski definition) is 4. The van der Waals surface area contributed by atoms with Gasteiger partial charge in [-0.2, -0.15) is 0 Å². The van der Waals surface area contributed by atoms with Crippen LogP contribution >= 0.6 is 0 Å². The Kier molecular flexibility index (Phi) is 6.51. The van der Waals surface area contributed by atoms with Crippen LogP contribution in [0.4, 0.5) is 14.9 Å². The summed E-state index contributed by atoms with van der Waals surface area (Å²) in [5.41, 5.74) is 2.97. The third-order valence-electron chi connectivity index (χ3n) is 5.84. The summed E-state index contributed by atoms with van der Waals surface area (Å²) in [6.45, 7) is 5.12. The Labute approximate surface area is 182 Å². The summed E-state index contributed by atoms with van der Waals surface area (Å²) in [5.74, 6) is -0.578. The number of nitrogens with one attached hydrogen (secondary N) is 1. The zero-order valence-corrected chi connectivity index (χ0v) is 17.8. The van der Waals surface area contributed by atoms with Gasteiger partial charge >= 0.3 is 6.09 Å². The van der Waals surface area contributed by atoms with Crippen molar-refractivity contribution in [2.24, 2.45) is 0 Å². The average molecular weight is 426 g/mol. The van der Waals surface area contributed by atoms with E-state index in [1.807, 2.05) is 12.1 Å². The summed E-state index contributed by atoms with van der Waals surface area (Å²) >= 11 is 0. The molecule has 2 fully saturated rings. The number of piperidine rings is 1. The molecule has 2 heterocycles. The molecule has 1 atom stereocenters. The number of nitrogens with zero attached hydrogens (tertiary/aromatic N) is 2. The maximum absolute atomic E-state index is 14.9. The van der Waals surface area contributed by atoms with E-state index in [9.17, 15) is 14.0 Å². The first-order chi connectivity index (χ1) is 15.0. The summed E-state index contributed by atoms with van der Waals surface area (Å²) in [5, 5.41) is 2.63. The molecule has 6 nitrogen and oxygen atoms in total. The summed E-state index contributed by atoms with van der Waals surface area (Å²) in [4.78, 5) is 27.1. The van der Waals surface area contributed by atoms with Crippen molar-refractivity contribution in [3.63, 3.8) is 0 Å². The van der Waals surface area contributed by atoms with Gasteiger partial charge in [-0.25, -0.2) is 9.18 Å².